The first-order valence-corrected chi connectivity index (χ1v) is 9.77. The number of thiazole rings is 1. The molecule has 0 unspecified atom stereocenters. The first kappa shape index (κ1) is 20.2. The number of carbonyl (C=O) groups is 2. The summed E-state index contributed by atoms with van der Waals surface area (Å²) in [4.78, 5) is 44.8. The molecule has 0 saturated carbocycles. The van der Waals surface area contributed by atoms with Crippen molar-refractivity contribution >= 4 is 38.9 Å². The van der Waals surface area contributed by atoms with Crippen LogP contribution in [-0.2, 0) is 9.57 Å². The number of carbonyl (C=O) groups excluding carboxylic acids is 2. The largest absolute Gasteiger partial charge is 0.444 e. The zero-order chi connectivity index (χ0) is 20.3. The minimum atomic E-state index is -0.540. The number of piperidine rings is 1. The predicted octanol–water partition coefficient (Wildman–Crippen LogP) is 2.56. The van der Waals surface area contributed by atoms with Gasteiger partial charge in [0, 0.05) is 19.1 Å². The molecule has 0 atom stereocenters. The Morgan fingerprint density at radius 2 is 2.04 bits per heavy atom. The Hall–Kier alpha value is -2.53. The summed E-state index contributed by atoms with van der Waals surface area (Å²) in [5.74, 6) is 0. The van der Waals surface area contributed by atoms with Gasteiger partial charge < -0.3 is 15.0 Å². The van der Waals surface area contributed by atoms with Gasteiger partial charge in [-0.1, -0.05) is 11.3 Å². The van der Waals surface area contributed by atoms with Gasteiger partial charge in [0.15, 0.2) is 0 Å². The van der Waals surface area contributed by atoms with E-state index in [2.05, 4.69) is 20.3 Å². The lowest BCUT2D eigenvalue weighted by atomic mass is 10.1. The molecule has 0 radical (unpaired) electrons. The third kappa shape index (κ3) is 4.84. The SMILES string of the molecule is CON(C(=O)N1CCC(NC(=O)OC(C)(C)C)CC1)c1nc2cncnc2s1. The molecular formula is C17H24N6O4S. The van der Waals surface area contributed by atoms with Gasteiger partial charge in [0.05, 0.1) is 13.3 Å². The number of aromatic nitrogens is 3. The summed E-state index contributed by atoms with van der Waals surface area (Å²) in [6.07, 6.45) is 3.86. The van der Waals surface area contributed by atoms with Crippen molar-refractivity contribution in [2.75, 3.05) is 25.3 Å². The quantitative estimate of drug-likeness (QED) is 0.777. The van der Waals surface area contributed by atoms with Crippen molar-refractivity contribution < 1.29 is 19.2 Å². The second kappa shape index (κ2) is 8.23. The fraction of sp³-hybridized carbons (Fsp3) is 0.588. The van der Waals surface area contributed by atoms with Crippen molar-refractivity contribution in [3.05, 3.63) is 12.5 Å². The molecule has 152 valence electrons. The third-order valence-electron chi connectivity index (χ3n) is 4.08. The topological polar surface area (TPSA) is 110 Å². The number of rotatable bonds is 3. The molecule has 28 heavy (non-hydrogen) atoms. The van der Waals surface area contributed by atoms with E-state index in [0.717, 1.165) is 5.06 Å². The van der Waals surface area contributed by atoms with Gasteiger partial charge in [0.1, 0.15) is 22.3 Å². The molecule has 3 rings (SSSR count). The van der Waals surface area contributed by atoms with E-state index in [1.807, 2.05) is 20.8 Å². The highest BCUT2D eigenvalue weighted by Crippen LogP contribution is 2.28. The standard InChI is InChI=1S/C17H24N6O4S/c1-17(2,3)27-15(24)20-11-5-7-22(8-6-11)16(25)23(26-4)14-21-12-9-18-10-19-13(12)28-14/h9-11H,5-8H2,1-4H3,(H,20,24). The lowest BCUT2D eigenvalue weighted by molar-refractivity contribution is 0.0483. The molecule has 11 heteroatoms. The molecule has 2 aromatic rings. The fourth-order valence-electron chi connectivity index (χ4n) is 2.82. The summed E-state index contributed by atoms with van der Waals surface area (Å²) in [6.45, 7) is 6.44. The molecule has 3 amide bonds. The van der Waals surface area contributed by atoms with Crippen LogP contribution in [-0.4, -0.2) is 63.8 Å². The predicted molar refractivity (Wildman–Crippen MR) is 104 cm³/mol. The number of fused-ring (bicyclic) bond motifs is 1. The average molecular weight is 408 g/mol. The van der Waals surface area contributed by atoms with E-state index in [1.54, 1.807) is 11.1 Å². The van der Waals surface area contributed by atoms with E-state index >= 15 is 0 Å². The minimum Gasteiger partial charge on any atom is -0.444 e. The number of hydrogen-bond donors (Lipinski definition) is 1. The zero-order valence-corrected chi connectivity index (χ0v) is 17.2. The van der Waals surface area contributed by atoms with Crippen LogP contribution in [0.25, 0.3) is 10.3 Å². The molecule has 1 N–H and O–H groups in total. The average Bonchev–Trinajstić information content (AvgIpc) is 3.04. The Kier molecular flexibility index (Phi) is 5.94. The van der Waals surface area contributed by atoms with Gasteiger partial charge in [-0.05, 0) is 33.6 Å². The van der Waals surface area contributed by atoms with E-state index in [0.29, 0.717) is 41.4 Å². The summed E-state index contributed by atoms with van der Waals surface area (Å²) in [7, 11) is 1.42. The summed E-state index contributed by atoms with van der Waals surface area (Å²) >= 11 is 1.25. The molecule has 0 bridgehead atoms. The van der Waals surface area contributed by atoms with Gasteiger partial charge in [0.2, 0.25) is 5.13 Å². The van der Waals surface area contributed by atoms with Crippen LogP contribution < -0.4 is 10.4 Å². The van der Waals surface area contributed by atoms with Crippen LogP contribution in [0.2, 0.25) is 0 Å². The second-order valence-corrected chi connectivity index (χ2v) is 8.33. The minimum absolute atomic E-state index is 0.0346. The van der Waals surface area contributed by atoms with Crippen LogP contribution in [0, 0.1) is 0 Å². The smallest absolute Gasteiger partial charge is 0.407 e. The molecule has 1 saturated heterocycles. The Morgan fingerprint density at radius 3 is 2.64 bits per heavy atom. The summed E-state index contributed by atoms with van der Waals surface area (Å²) in [5, 5.41) is 4.42. The number of anilines is 1. The fourth-order valence-corrected chi connectivity index (χ4v) is 3.68. The van der Waals surface area contributed by atoms with Crippen molar-refractivity contribution in [1.29, 1.82) is 0 Å². The Labute approximate surface area is 166 Å². The summed E-state index contributed by atoms with van der Waals surface area (Å²) in [6, 6.07) is -0.335. The first-order chi connectivity index (χ1) is 13.3. The van der Waals surface area contributed by atoms with Gasteiger partial charge in [-0.2, -0.15) is 0 Å². The number of alkyl carbamates (subject to hydrolysis) is 1. The molecule has 3 heterocycles. The van der Waals surface area contributed by atoms with E-state index in [4.69, 9.17) is 9.57 Å². The lowest BCUT2D eigenvalue weighted by Gasteiger charge is -2.34. The maximum absolute atomic E-state index is 12.9. The zero-order valence-electron chi connectivity index (χ0n) is 16.3. The van der Waals surface area contributed by atoms with Crippen molar-refractivity contribution in [3.8, 4) is 0 Å². The van der Waals surface area contributed by atoms with Crippen molar-refractivity contribution in [1.82, 2.24) is 25.2 Å². The van der Waals surface area contributed by atoms with Gasteiger partial charge in [0.25, 0.3) is 0 Å². The van der Waals surface area contributed by atoms with Gasteiger partial charge >= 0.3 is 12.1 Å². The molecule has 2 aromatic heterocycles. The second-order valence-electron chi connectivity index (χ2n) is 7.38. The summed E-state index contributed by atoms with van der Waals surface area (Å²) in [5.41, 5.74) is 0.0686. The van der Waals surface area contributed by atoms with E-state index in [9.17, 15) is 9.59 Å². The molecule has 10 nitrogen and oxygen atoms in total. The van der Waals surface area contributed by atoms with E-state index < -0.39 is 11.7 Å². The van der Waals surface area contributed by atoms with Gasteiger partial charge in [-0.25, -0.2) is 24.5 Å². The highest BCUT2D eigenvalue weighted by atomic mass is 32.1. The Bertz CT molecular complexity index is 811. The maximum atomic E-state index is 12.9. The molecule has 1 aliphatic rings. The maximum Gasteiger partial charge on any atom is 0.407 e. The highest BCUT2D eigenvalue weighted by molar-refractivity contribution is 7.21. The number of likely N-dealkylation sites (tertiary alicyclic amines) is 1. The Morgan fingerprint density at radius 1 is 1.32 bits per heavy atom. The number of urea groups is 1. The number of nitrogens with zero attached hydrogens (tertiary/aromatic N) is 5. The lowest BCUT2D eigenvalue weighted by Crippen LogP contribution is -2.51. The van der Waals surface area contributed by atoms with Gasteiger partial charge in [-0.3, -0.25) is 4.84 Å². The molecular weight excluding hydrogens is 384 g/mol. The number of nitrogens with one attached hydrogen (secondary N) is 1. The molecule has 0 spiro atoms. The summed E-state index contributed by atoms with van der Waals surface area (Å²) < 4.78 is 5.28. The molecule has 1 fully saturated rings. The van der Waals surface area contributed by atoms with E-state index in [-0.39, 0.29) is 12.1 Å². The number of ether oxygens (including phenoxy) is 1. The van der Waals surface area contributed by atoms with E-state index in [1.165, 1.54) is 24.8 Å². The first-order valence-electron chi connectivity index (χ1n) is 8.96. The number of hydrogen-bond acceptors (Lipinski definition) is 8. The van der Waals surface area contributed by atoms with Crippen molar-refractivity contribution in [2.45, 2.75) is 45.3 Å². The monoisotopic (exact) mass is 408 g/mol. The molecule has 0 aliphatic carbocycles. The van der Waals surface area contributed by atoms with Crippen LogP contribution in [0.15, 0.2) is 12.5 Å². The third-order valence-corrected chi connectivity index (χ3v) is 5.03. The van der Waals surface area contributed by atoms with Crippen molar-refractivity contribution in [3.63, 3.8) is 0 Å². The Balaban J connectivity index is 1.58. The van der Waals surface area contributed by atoms with Crippen LogP contribution in [0.1, 0.15) is 33.6 Å². The molecule has 1 aliphatic heterocycles. The number of amides is 3. The van der Waals surface area contributed by atoms with Crippen LogP contribution in [0.5, 0.6) is 0 Å². The van der Waals surface area contributed by atoms with Crippen LogP contribution >= 0.6 is 11.3 Å². The van der Waals surface area contributed by atoms with Crippen LogP contribution in [0.3, 0.4) is 0 Å². The molecule has 0 aromatic carbocycles. The van der Waals surface area contributed by atoms with Crippen LogP contribution in [0.4, 0.5) is 14.7 Å². The van der Waals surface area contributed by atoms with Gasteiger partial charge in [-0.15, -0.1) is 5.06 Å². The highest BCUT2D eigenvalue weighted by Gasteiger charge is 2.30. The number of hydroxylamine groups is 1. The van der Waals surface area contributed by atoms with Crippen molar-refractivity contribution in [2.24, 2.45) is 0 Å². The normalized spacial score (nSPS) is 15.5.